The zero-order valence-corrected chi connectivity index (χ0v) is 9.64. The van der Waals surface area contributed by atoms with Crippen LogP contribution in [0.2, 0.25) is 0 Å². The van der Waals surface area contributed by atoms with Crippen LogP contribution in [-0.4, -0.2) is 22.9 Å². The van der Waals surface area contributed by atoms with Gasteiger partial charge in [-0.15, -0.1) is 0 Å². The van der Waals surface area contributed by atoms with E-state index < -0.39 is 16.6 Å². The predicted octanol–water partition coefficient (Wildman–Crippen LogP) is 0.652. The molecule has 1 rings (SSSR count). The van der Waals surface area contributed by atoms with Crippen LogP contribution >= 0.6 is 0 Å². The highest BCUT2D eigenvalue weighted by atomic mass is 32.2. The number of carbonyl (C=O) groups is 1. The molecule has 0 aromatic heterocycles. The number of hydrogen-bond acceptors (Lipinski definition) is 3. The molecular formula is C10H13FN2O2S. The number of anilines is 1. The number of halogens is 1. The van der Waals surface area contributed by atoms with Crippen molar-refractivity contribution in [2.75, 3.05) is 18.5 Å². The highest BCUT2D eigenvalue weighted by Gasteiger charge is 2.10. The van der Waals surface area contributed by atoms with Gasteiger partial charge in [0.25, 0.3) is 0 Å². The Kier molecular flexibility index (Phi) is 4.42. The predicted molar refractivity (Wildman–Crippen MR) is 60.8 cm³/mol. The number of rotatable bonds is 4. The number of benzene rings is 1. The van der Waals surface area contributed by atoms with E-state index in [1.54, 1.807) is 0 Å². The average Bonchev–Trinajstić information content (AvgIpc) is 2.28. The fourth-order valence-corrected chi connectivity index (χ4v) is 2.29. The lowest BCUT2D eigenvalue weighted by Gasteiger charge is -2.05. The monoisotopic (exact) mass is 244 g/mol. The first kappa shape index (κ1) is 12.6. The second-order valence-electron chi connectivity index (χ2n) is 3.15. The third-order valence-electron chi connectivity index (χ3n) is 2.01. The molecule has 1 unspecified atom stereocenters. The molecule has 0 fully saturated rings. The van der Waals surface area contributed by atoms with E-state index >= 15 is 0 Å². The van der Waals surface area contributed by atoms with Gasteiger partial charge in [-0.1, -0.05) is 0 Å². The van der Waals surface area contributed by atoms with Gasteiger partial charge in [0.1, 0.15) is 5.82 Å². The van der Waals surface area contributed by atoms with Gasteiger partial charge in [0.2, 0.25) is 5.91 Å². The van der Waals surface area contributed by atoms with Gasteiger partial charge in [-0.25, -0.2) is 4.39 Å². The summed E-state index contributed by atoms with van der Waals surface area (Å²) >= 11 is 0. The summed E-state index contributed by atoms with van der Waals surface area (Å²) in [7, 11) is 0.0485. The molecule has 0 saturated heterocycles. The van der Waals surface area contributed by atoms with Gasteiger partial charge >= 0.3 is 0 Å². The molecule has 0 saturated carbocycles. The van der Waals surface area contributed by atoms with E-state index in [0.717, 1.165) is 6.07 Å². The van der Waals surface area contributed by atoms with Crippen LogP contribution in [0.25, 0.3) is 0 Å². The van der Waals surface area contributed by atoms with Crippen LogP contribution < -0.4 is 11.1 Å². The summed E-state index contributed by atoms with van der Waals surface area (Å²) in [6.45, 7) is 0. The number of nitrogen functional groups attached to an aromatic ring is 1. The molecule has 0 heterocycles. The van der Waals surface area contributed by atoms with Crippen molar-refractivity contribution < 1.29 is 13.4 Å². The molecule has 1 aromatic rings. The summed E-state index contributed by atoms with van der Waals surface area (Å²) < 4.78 is 24.6. The van der Waals surface area contributed by atoms with E-state index in [0.29, 0.717) is 0 Å². The normalized spacial score (nSPS) is 12.1. The summed E-state index contributed by atoms with van der Waals surface area (Å²) in [5.41, 5.74) is 5.84. The highest BCUT2D eigenvalue weighted by Crippen LogP contribution is 2.18. The fourth-order valence-electron chi connectivity index (χ4n) is 1.13. The maximum atomic E-state index is 12.9. The molecule has 6 heteroatoms. The summed E-state index contributed by atoms with van der Waals surface area (Å²) in [6, 6.07) is 3.70. The van der Waals surface area contributed by atoms with E-state index in [-0.39, 0.29) is 28.7 Å². The Labute approximate surface area is 95.5 Å². The number of nitrogens with two attached hydrogens (primary N) is 1. The van der Waals surface area contributed by atoms with Gasteiger partial charge in [-0.2, -0.15) is 0 Å². The molecule has 0 aliphatic carbocycles. The quantitative estimate of drug-likeness (QED) is 0.764. The molecule has 1 aromatic carbocycles. The van der Waals surface area contributed by atoms with E-state index in [1.165, 1.54) is 19.2 Å². The lowest BCUT2D eigenvalue weighted by Crippen LogP contribution is -2.20. The molecule has 0 radical (unpaired) electrons. The number of amides is 1. The van der Waals surface area contributed by atoms with Crippen molar-refractivity contribution in [2.45, 2.75) is 11.3 Å². The van der Waals surface area contributed by atoms with Crippen molar-refractivity contribution in [3.8, 4) is 0 Å². The molecular weight excluding hydrogens is 231 g/mol. The molecule has 3 N–H and O–H groups in total. The minimum atomic E-state index is -1.45. The molecule has 0 bridgehead atoms. The van der Waals surface area contributed by atoms with Crippen molar-refractivity contribution in [3.63, 3.8) is 0 Å². The van der Waals surface area contributed by atoms with Crippen LogP contribution in [0.4, 0.5) is 10.1 Å². The van der Waals surface area contributed by atoms with Crippen molar-refractivity contribution in [3.05, 3.63) is 24.0 Å². The third-order valence-corrected chi connectivity index (χ3v) is 3.43. The van der Waals surface area contributed by atoms with E-state index in [4.69, 9.17) is 5.73 Å². The van der Waals surface area contributed by atoms with Crippen LogP contribution in [0.3, 0.4) is 0 Å². The molecule has 1 amide bonds. The molecule has 0 spiro atoms. The summed E-state index contributed by atoms with van der Waals surface area (Å²) in [4.78, 5) is 11.2. The van der Waals surface area contributed by atoms with Crippen molar-refractivity contribution in [1.29, 1.82) is 0 Å². The van der Waals surface area contributed by atoms with Crippen LogP contribution in [0.15, 0.2) is 23.1 Å². The molecule has 0 aliphatic heterocycles. The van der Waals surface area contributed by atoms with E-state index in [9.17, 15) is 13.4 Å². The minimum absolute atomic E-state index is 0.124. The van der Waals surface area contributed by atoms with Gasteiger partial charge in [0, 0.05) is 24.9 Å². The van der Waals surface area contributed by atoms with Crippen molar-refractivity contribution >= 4 is 22.4 Å². The number of hydrogen-bond donors (Lipinski definition) is 2. The summed E-state index contributed by atoms with van der Waals surface area (Å²) in [6.07, 6.45) is 0.124. The fraction of sp³-hybridized carbons (Fsp3) is 0.300. The topological polar surface area (TPSA) is 72.2 Å². The second kappa shape index (κ2) is 5.60. The largest absolute Gasteiger partial charge is 0.398 e. The Morgan fingerprint density at radius 3 is 2.88 bits per heavy atom. The lowest BCUT2D eigenvalue weighted by atomic mass is 10.3. The smallest absolute Gasteiger partial charge is 0.220 e. The Balaban J connectivity index is 2.73. The van der Waals surface area contributed by atoms with Gasteiger partial charge in [-0.3, -0.25) is 9.00 Å². The second-order valence-corrected chi connectivity index (χ2v) is 4.69. The first-order chi connectivity index (χ1) is 7.54. The summed E-state index contributed by atoms with van der Waals surface area (Å²) in [5.74, 6) is -0.561. The van der Waals surface area contributed by atoms with Gasteiger partial charge in [0.05, 0.1) is 15.7 Å². The van der Waals surface area contributed by atoms with E-state index in [1.807, 2.05) is 0 Å². The van der Waals surface area contributed by atoms with Crippen LogP contribution in [-0.2, 0) is 15.6 Å². The maximum Gasteiger partial charge on any atom is 0.220 e. The molecule has 88 valence electrons. The molecule has 0 aliphatic rings. The SMILES string of the molecule is CNC(=O)CCS(=O)c1cc(F)ccc1N. The zero-order valence-electron chi connectivity index (χ0n) is 8.83. The zero-order chi connectivity index (χ0) is 12.1. The first-order valence-corrected chi connectivity index (χ1v) is 6.00. The van der Waals surface area contributed by atoms with Crippen molar-refractivity contribution in [2.24, 2.45) is 0 Å². The lowest BCUT2D eigenvalue weighted by molar-refractivity contribution is -0.120. The first-order valence-electron chi connectivity index (χ1n) is 4.68. The Hall–Kier alpha value is -1.43. The van der Waals surface area contributed by atoms with Crippen LogP contribution in [0.1, 0.15) is 6.42 Å². The van der Waals surface area contributed by atoms with Gasteiger partial charge in [0.15, 0.2) is 0 Å². The third kappa shape index (κ3) is 3.30. The average molecular weight is 244 g/mol. The number of carbonyl (C=O) groups excluding carboxylic acids is 1. The Bertz CT molecular complexity index is 423. The van der Waals surface area contributed by atoms with Crippen LogP contribution in [0, 0.1) is 5.82 Å². The molecule has 1 atom stereocenters. The standard InChI is InChI=1S/C10H13FN2O2S/c1-13-10(14)4-5-16(15)9-6-7(11)2-3-8(9)12/h2-3,6H,4-5,12H2,1H3,(H,13,14). The number of nitrogens with one attached hydrogen (secondary N) is 1. The minimum Gasteiger partial charge on any atom is -0.398 e. The summed E-state index contributed by atoms with van der Waals surface area (Å²) in [5, 5.41) is 2.42. The maximum absolute atomic E-state index is 12.9. The highest BCUT2D eigenvalue weighted by molar-refractivity contribution is 7.85. The van der Waals surface area contributed by atoms with Gasteiger partial charge < -0.3 is 11.1 Å². The van der Waals surface area contributed by atoms with Gasteiger partial charge in [-0.05, 0) is 18.2 Å². The Morgan fingerprint density at radius 2 is 2.25 bits per heavy atom. The van der Waals surface area contributed by atoms with E-state index in [2.05, 4.69) is 5.32 Å². The Morgan fingerprint density at radius 1 is 1.56 bits per heavy atom. The molecule has 4 nitrogen and oxygen atoms in total. The molecule has 16 heavy (non-hydrogen) atoms. The van der Waals surface area contributed by atoms with Crippen LogP contribution in [0.5, 0.6) is 0 Å². The van der Waals surface area contributed by atoms with Crippen molar-refractivity contribution in [1.82, 2.24) is 5.32 Å².